The van der Waals surface area contributed by atoms with Crippen molar-refractivity contribution in [2.24, 2.45) is 0 Å². The first-order valence-corrected chi connectivity index (χ1v) is 7.57. The van der Waals surface area contributed by atoms with Crippen LogP contribution in [0.1, 0.15) is 11.8 Å². The maximum atomic E-state index is 10.8. The molecule has 0 saturated heterocycles. The highest BCUT2D eigenvalue weighted by molar-refractivity contribution is 9.11. The van der Waals surface area contributed by atoms with E-state index in [2.05, 4.69) is 21.2 Å². The van der Waals surface area contributed by atoms with Crippen LogP contribution in [0.4, 0.5) is 0 Å². The number of thioether (sulfide) groups is 1. The fourth-order valence-corrected chi connectivity index (χ4v) is 3.77. The number of hydrogen-bond donors (Lipinski definition) is 2. The van der Waals surface area contributed by atoms with Crippen LogP contribution in [-0.4, -0.2) is 28.8 Å². The van der Waals surface area contributed by atoms with Gasteiger partial charge in [0, 0.05) is 23.3 Å². The van der Waals surface area contributed by atoms with E-state index in [1.807, 2.05) is 12.1 Å². The topological polar surface area (TPSA) is 66.4 Å². The molecule has 0 radical (unpaired) electrons. The van der Waals surface area contributed by atoms with E-state index in [1.54, 1.807) is 11.3 Å². The Hall–Kier alpha value is -0.530. The summed E-state index contributed by atoms with van der Waals surface area (Å²) in [4.78, 5) is 22.8. The molecule has 4 nitrogen and oxygen atoms in total. The Labute approximate surface area is 116 Å². The summed E-state index contributed by atoms with van der Waals surface area (Å²) in [6.07, 6.45) is 0. The predicted octanol–water partition coefficient (Wildman–Crippen LogP) is 2.33. The molecule has 0 fully saturated rings. The molecule has 1 heterocycles. The van der Waals surface area contributed by atoms with E-state index in [9.17, 15) is 9.59 Å². The molecule has 1 aromatic heterocycles. The zero-order valence-corrected chi connectivity index (χ0v) is 12.3. The average molecular weight is 338 g/mol. The molecule has 1 rings (SSSR count). The number of hydrogen-bond acceptors (Lipinski definition) is 4. The van der Waals surface area contributed by atoms with Crippen molar-refractivity contribution >= 4 is 50.9 Å². The van der Waals surface area contributed by atoms with E-state index >= 15 is 0 Å². The van der Waals surface area contributed by atoms with Gasteiger partial charge >= 0.3 is 5.97 Å². The number of nitrogens with one attached hydrogen (secondary N) is 1. The number of carbonyl (C=O) groups is 2. The van der Waals surface area contributed by atoms with Gasteiger partial charge in [0.1, 0.15) is 6.04 Å². The van der Waals surface area contributed by atoms with Crippen LogP contribution < -0.4 is 5.32 Å². The number of rotatable bonds is 6. The summed E-state index contributed by atoms with van der Waals surface area (Å²) >= 11 is 6.48. The van der Waals surface area contributed by atoms with Gasteiger partial charge in [-0.25, -0.2) is 4.79 Å². The van der Waals surface area contributed by atoms with Gasteiger partial charge in [0.15, 0.2) is 0 Å². The molecular formula is C10H12BrNO3S2. The Kier molecular flexibility index (Phi) is 6.01. The van der Waals surface area contributed by atoms with Crippen molar-refractivity contribution in [1.82, 2.24) is 5.32 Å². The third-order valence-corrected chi connectivity index (χ3v) is 4.72. The molecule has 1 aromatic rings. The SMILES string of the molecule is CC(=O)NC(CSCc1ccc(Br)s1)C(=O)O. The van der Waals surface area contributed by atoms with Crippen LogP contribution in [0.5, 0.6) is 0 Å². The molecule has 0 aliphatic heterocycles. The molecule has 17 heavy (non-hydrogen) atoms. The van der Waals surface area contributed by atoms with Gasteiger partial charge in [-0.05, 0) is 28.1 Å². The number of thiophene rings is 1. The number of carboxylic acids is 1. The van der Waals surface area contributed by atoms with E-state index < -0.39 is 12.0 Å². The van der Waals surface area contributed by atoms with Crippen molar-refractivity contribution in [3.8, 4) is 0 Å². The van der Waals surface area contributed by atoms with Crippen LogP contribution in [0, 0.1) is 0 Å². The van der Waals surface area contributed by atoms with E-state index in [0.29, 0.717) is 5.75 Å². The molecule has 0 aliphatic rings. The van der Waals surface area contributed by atoms with Crippen LogP contribution in [0.15, 0.2) is 15.9 Å². The summed E-state index contributed by atoms with van der Waals surface area (Å²) in [6.45, 7) is 1.32. The minimum Gasteiger partial charge on any atom is -0.480 e. The second kappa shape index (κ2) is 7.03. The number of carbonyl (C=O) groups excluding carboxylic acids is 1. The Morgan fingerprint density at radius 2 is 2.29 bits per heavy atom. The fourth-order valence-electron chi connectivity index (χ4n) is 1.13. The number of amides is 1. The summed E-state index contributed by atoms with van der Waals surface area (Å²) in [7, 11) is 0. The highest BCUT2D eigenvalue weighted by Crippen LogP contribution is 2.25. The van der Waals surface area contributed by atoms with Crippen LogP contribution in [-0.2, 0) is 15.3 Å². The van der Waals surface area contributed by atoms with Gasteiger partial charge in [-0.1, -0.05) is 0 Å². The largest absolute Gasteiger partial charge is 0.480 e. The lowest BCUT2D eigenvalue weighted by Crippen LogP contribution is -2.41. The second-order valence-electron chi connectivity index (χ2n) is 3.31. The van der Waals surface area contributed by atoms with Crippen LogP contribution in [0.3, 0.4) is 0 Å². The molecular weight excluding hydrogens is 326 g/mol. The van der Waals surface area contributed by atoms with Crippen LogP contribution >= 0.6 is 39.0 Å². The first-order valence-electron chi connectivity index (χ1n) is 4.81. The molecule has 1 unspecified atom stereocenters. The Morgan fingerprint density at radius 3 is 2.76 bits per heavy atom. The minimum absolute atomic E-state index is 0.322. The van der Waals surface area contributed by atoms with Crippen molar-refractivity contribution in [2.45, 2.75) is 18.7 Å². The summed E-state index contributed by atoms with van der Waals surface area (Å²) < 4.78 is 1.06. The smallest absolute Gasteiger partial charge is 0.327 e. The quantitative estimate of drug-likeness (QED) is 0.836. The van der Waals surface area contributed by atoms with Gasteiger partial charge in [0.2, 0.25) is 5.91 Å². The highest BCUT2D eigenvalue weighted by Gasteiger charge is 2.18. The lowest BCUT2D eigenvalue weighted by atomic mass is 10.3. The van der Waals surface area contributed by atoms with E-state index in [-0.39, 0.29) is 5.91 Å². The average Bonchev–Trinajstić information content (AvgIpc) is 2.62. The van der Waals surface area contributed by atoms with Gasteiger partial charge in [0.05, 0.1) is 3.79 Å². The summed E-state index contributed by atoms with van der Waals surface area (Å²) in [5.74, 6) is -0.207. The van der Waals surface area contributed by atoms with Gasteiger partial charge in [-0.15, -0.1) is 11.3 Å². The third-order valence-electron chi connectivity index (χ3n) is 1.83. The molecule has 1 amide bonds. The van der Waals surface area contributed by atoms with E-state index in [0.717, 1.165) is 9.54 Å². The Balaban J connectivity index is 2.37. The summed E-state index contributed by atoms with van der Waals surface area (Å²) in [5, 5.41) is 11.3. The lowest BCUT2D eigenvalue weighted by molar-refractivity contribution is -0.140. The molecule has 0 saturated carbocycles. The van der Waals surface area contributed by atoms with E-state index in [1.165, 1.54) is 23.6 Å². The number of aliphatic carboxylic acids is 1. The fraction of sp³-hybridized carbons (Fsp3) is 0.400. The van der Waals surface area contributed by atoms with Crippen molar-refractivity contribution in [3.63, 3.8) is 0 Å². The normalized spacial score (nSPS) is 12.1. The van der Waals surface area contributed by atoms with Crippen LogP contribution in [0.25, 0.3) is 0 Å². The standard InChI is InChI=1S/C10H12BrNO3S2/c1-6(13)12-8(10(14)15)5-16-4-7-2-3-9(11)17-7/h2-3,8H,4-5H2,1H3,(H,12,13)(H,14,15). The van der Waals surface area contributed by atoms with Crippen molar-refractivity contribution in [1.29, 1.82) is 0 Å². The van der Waals surface area contributed by atoms with Gasteiger partial charge in [-0.2, -0.15) is 11.8 Å². The number of halogens is 1. The molecule has 0 aromatic carbocycles. The molecule has 0 aliphatic carbocycles. The van der Waals surface area contributed by atoms with Crippen LogP contribution in [0.2, 0.25) is 0 Å². The predicted molar refractivity (Wildman–Crippen MR) is 73.4 cm³/mol. The Morgan fingerprint density at radius 1 is 1.59 bits per heavy atom. The summed E-state index contributed by atoms with van der Waals surface area (Å²) in [6, 6.07) is 3.14. The first kappa shape index (κ1) is 14.5. The third kappa shape index (κ3) is 5.56. The van der Waals surface area contributed by atoms with Crippen molar-refractivity contribution < 1.29 is 14.7 Å². The molecule has 0 spiro atoms. The minimum atomic E-state index is -1.000. The van der Waals surface area contributed by atoms with Gasteiger partial charge in [0.25, 0.3) is 0 Å². The maximum Gasteiger partial charge on any atom is 0.327 e. The lowest BCUT2D eigenvalue weighted by Gasteiger charge is -2.12. The second-order valence-corrected chi connectivity index (χ2v) is 6.89. The monoisotopic (exact) mass is 337 g/mol. The summed E-state index contributed by atoms with van der Waals surface area (Å²) in [5.41, 5.74) is 0. The molecule has 1 atom stereocenters. The van der Waals surface area contributed by atoms with Gasteiger partial charge in [-0.3, -0.25) is 4.79 Å². The first-order chi connectivity index (χ1) is 7.99. The van der Waals surface area contributed by atoms with E-state index in [4.69, 9.17) is 5.11 Å². The highest BCUT2D eigenvalue weighted by atomic mass is 79.9. The van der Waals surface area contributed by atoms with Crippen molar-refractivity contribution in [3.05, 3.63) is 20.8 Å². The number of carboxylic acid groups (broad SMARTS) is 1. The molecule has 2 N–H and O–H groups in total. The van der Waals surface area contributed by atoms with Crippen molar-refractivity contribution in [2.75, 3.05) is 5.75 Å². The molecule has 94 valence electrons. The Bertz CT molecular complexity index is 408. The van der Waals surface area contributed by atoms with Gasteiger partial charge < -0.3 is 10.4 Å². The molecule has 7 heteroatoms. The zero-order chi connectivity index (χ0) is 12.8. The molecule has 0 bridgehead atoms. The zero-order valence-electron chi connectivity index (χ0n) is 9.10. The maximum absolute atomic E-state index is 10.8.